The van der Waals surface area contributed by atoms with Crippen molar-refractivity contribution in [2.45, 2.75) is 37.9 Å². The number of hydrogen-bond acceptors (Lipinski definition) is 4. The molecule has 19 heavy (non-hydrogen) atoms. The molecular weight excluding hydrogens is 253 g/mol. The quantitative estimate of drug-likeness (QED) is 0.622. The van der Waals surface area contributed by atoms with Gasteiger partial charge in [-0.15, -0.1) is 0 Å². The van der Waals surface area contributed by atoms with Crippen LogP contribution in [0.3, 0.4) is 0 Å². The lowest BCUT2D eigenvalue weighted by Crippen LogP contribution is -2.36. The fourth-order valence-corrected chi connectivity index (χ4v) is 2.36. The maximum Gasteiger partial charge on any atom is 0.311 e. The molecule has 0 N–H and O–H groups in total. The Labute approximate surface area is 110 Å². The summed E-state index contributed by atoms with van der Waals surface area (Å²) in [6, 6.07) is 3.23. The largest absolute Gasteiger partial charge is 0.481 e. The molecule has 0 aromatic heterocycles. The van der Waals surface area contributed by atoms with Crippen molar-refractivity contribution < 1.29 is 18.8 Å². The van der Waals surface area contributed by atoms with Crippen LogP contribution in [0.2, 0.25) is 0 Å². The monoisotopic (exact) mass is 269 g/mol. The van der Waals surface area contributed by atoms with Gasteiger partial charge < -0.3 is 9.47 Å². The maximum absolute atomic E-state index is 13.2. The van der Waals surface area contributed by atoms with Gasteiger partial charge in [0.1, 0.15) is 11.9 Å². The Morgan fingerprint density at radius 2 is 2.00 bits per heavy atom. The molecule has 0 radical (unpaired) electrons. The molecule has 6 heteroatoms. The van der Waals surface area contributed by atoms with E-state index in [2.05, 4.69) is 0 Å². The van der Waals surface area contributed by atoms with Crippen molar-refractivity contribution in [1.82, 2.24) is 0 Å². The summed E-state index contributed by atoms with van der Waals surface area (Å²) in [6.07, 6.45) is 3.27. The van der Waals surface area contributed by atoms with E-state index >= 15 is 0 Å². The molecule has 0 heterocycles. The summed E-state index contributed by atoms with van der Waals surface area (Å²) >= 11 is 0. The van der Waals surface area contributed by atoms with Gasteiger partial charge in [0.25, 0.3) is 0 Å². The smallest absolute Gasteiger partial charge is 0.311 e. The molecule has 5 nitrogen and oxygen atoms in total. The molecule has 0 spiro atoms. The third-order valence-electron chi connectivity index (χ3n) is 3.34. The minimum atomic E-state index is -0.570. The van der Waals surface area contributed by atoms with Crippen molar-refractivity contribution in [3.8, 4) is 5.75 Å². The van der Waals surface area contributed by atoms with Gasteiger partial charge >= 0.3 is 5.69 Å². The summed E-state index contributed by atoms with van der Waals surface area (Å²) in [6.45, 7) is 0. The Bertz CT molecular complexity index is 466. The topological polar surface area (TPSA) is 61.6 Å². The summed E-state index contributed by atoms with van der Waals surface area (Å²) in [4.78, 5) is 10.3. The van der Waals surface area contributed by atoms with Crippen LogP contribution in [0.1, 0.15) is 25.7 Å². The van der Waals surface area contributed by atoms with Crippen LogP contribution in [-0.4, -0.2) is 24.2 Å². The maximum atomic E-state index is 13.2. The number of methoxy groups -OCH3 is 1. The van der Waals surface area contributed by atoms with Crippen LogP contribution in [0.25, 0.3) is 0 Å². The van der Waals surface area contributed by atoms with E-state index in [4.69, 9.17) is 9.47 Å². The van der Waals surface area contributed by atoms with Gasteiger partial charge in [-0.05, 0) is 25.3 Å². The summed E-state index contributed by atoms with van der Waals surface area (Å²) in [5.74, 6) is -0.579. The number of nitro benzene ring substituents is 1. The van der Waals surface area contributed by atoms with Gasteiger partial charge in [0.15, 0.2) is 5.75 Å². The lowest BCUT2D eigenvalue weighted by Gasteiger charge is -2.30. The minimum Gasteiger partial charge on any atom is -0.481 e. The molecule has 0 amide bonds. The number of hydrogen-bond donors (Lipinski definition) is 0. The van der Waals surface area contributed by atoms with Crippen LogP contribution in [0.5, 0.6) is 5.75 Å². The van der Waals surface area contributed by atoms with Crippen LogP contribution in [-0.2, 0) is 4.74 Å². The highest BCUT2D eigenvalue weighted by atomic mass is 19.1. The molecule has 1 aromatic rings. The normalized spacial score (nSPS) is 23.1. The lowest BCUT2D eigenvalue weighted by molar-refractivity contribution is -0.386. The standard InChI is InChI=1S/C13H16FNO4/c1-18-11-4-2-3-5-12(11)19-13-8-9(14)6-7-10(13)15(16)17/h6-8,11-12H,2-5H2,1H3/t11-,12+/m0/s1. The van der Waals surface area contributed by atoms with Crippen LogP contribution < -0.4 is 4.74 Å². The third-order valence-corrected chi connectivity index (χ3v) is 3.34. The minimum absolute atomic E-state index is 0.0287. The second-order valence-corrected chi connectivity index (χ2v) is 4.58. The molecule has 1 fully saturated rings. The molecule has 1 aromatic carbocycles. The molecule has 0 saturated heterocycles. The van der Waals surface area contributed by atoms with E-state index in [1.54, 1.807) is 7.11 Å². The summed E-state index contributed by atoms with van der Waals surface area (Å²) < 4.78 is 24.2. The van der Waals surface area contributed by atoms with E-state index in [1.165, 1.54) is 0 Å². The van der Waals surface area contributed by atoms with Gasteiger partial charge in [-0.2, -0.15) is 0 Å². The van der Waals surface area contributed by atoms with Gasteiger partial charge in [0.2, 0.25) is 0 Å². The van der Waals surface area contributed by atoms with Crippen LogP contribution in [0.15, 0.2) is 18.2 Å². The van der Waals surface area contributed by atoms with Crippen LogP contribution >= 0.6 is 0 Å². The zero-order valence-corrected chi connectivity index (χ0v) is 10.7. The summed E-state index contributed by atoms with van der Waals surface area (Å²) in [5.41, 5.74) is -0.221. The second kappa shape index (κ2) is 5.97. The zero-order chi connectivity index (χ0) is 13.8. The van der Waals surface area contributed by atoms with E-state index in [0.717, 1.165) is 43.9 Å². The molecule has 1 aliphatic carbocycles. The number of halogens is 1. The van der Waals surface area contributed by atoms with Crippen molar-refractivity contribution in [3.63, 3.8) is 0 Å². The first-order chi connectivity index (χ1) is 9.11. The Balaban J connectivity index is 2.21. The third kappa shape index (κ3) is 3.20. The first kappa shape index (κ1) is 13.7. The highest BCUT2D eigenvalue weighted by Crippen LogP contribution is 2.32. The number of ether oxygens (including phenoxy) is 2. The first-order valence-electron chi connectivity index (χ1n) is 6.25. The highest BCUT2D eigenvalue weighted by molar-refractivity contribution is 5.46. The first-order valence-corrected chi connectivity index (χ1v) is 6.25. The summed E-state index contributed by atoms with van der Waals surface area (Å²) in [7, 11) is 1.59. The number of nitro groups is 1. The zero-order valence-electron chi connectivity index (χ0n) is 10.7. The van der Waals surface area contributed by atoms with Crippen molar-refractivity contribution in [2.24, 2.45) is 0 Å². The van der Waals surface area contributed by atoms with E-state index in [9.17, 15) is 14.5 Å². The molecule has 2 atom stereocenters. The number of nitrogens with zero attached hydrogens (tertiary/aromatic N) is 1. The molecular formula is C13H16FNO4. The average molecular weight is 269 g/mol. The van der Waals surface area contributed by atoms with Crippen molar-refractivity contribution in [1.29, 1.82) is 0 Å². The summed E-state index contributed by atoms with van der Waals surface area (Å²) in [5, 5.41) is 10.9. The van der Waals surface area contributed by atoms with E-state index in [1.807, 2.05) is 0 Å². The molecule has 2 rings (SSSR count). The van der Waals surface area contributed by atoms with E-state index in [-0.39, 0.29) is 23.6 Å². The Morgan fingerprint density at radius 1 is 1.32 bits per heavy atom. The predicted octanol–water partition coefficient (Wildman–Crippen LogP) is 3.07. The SMILES string of the molecule is CO[C@H]1CCCC[C@H]1Oc1cc(F)ccc1[N+](=O)[O-]. The molecule has 1 saturated carbocycles. The molecule has 0 bridgehead atoms. The molecule has 0 unspecified atom stereocenters. The van der Waals surface area contributed by atoms with Crippen molar-refractivity contribution in [3.05, 3.63) is 34.1 Å². The Morgan fingerprint density at radius 3 is 2.63 bits per heavy atom. The highest BCUT2D eigenvalue weighted by Gasteiger charge is 2.29. The fraction of sp³-hybridized carbons (Fsp3) is 0.538. The number of benzene rings is 1. The average Bonchev–Trinajstić information content (AvgIpc) is 2.39. The number of rotatable bonds is 4. The van der Waals surface area contributed by atoms with Crippen molar-refractivity contribution in [2.75, 3.05) is 7.11 Å². The Kier molecular flexibility index (Phi) is 4.31. The van der Waals surface area contributed by atoms with Gasteiger partial charge in [-0.3, -0.25) is 10.1 Å². The Hall–Kier alpha value is -1.69. The predicted molar refractivity (Wildman–Crippen MR) is 66.7 cm³/mol. The van der Waals surface area contributed by atoms with Gasteiger partial charge in [0.05, 0.1) is 11.0 Å². The molecule has 1 aliphatic rings. The van der Waals surface area contributed by atoms with E-state index in [0.29, 0.717) is 0 Å². The molecule has 0 aliphatic heterocycles. The van der Waals surface area contributed by atoms with Crippen LogP contribution in [0.4, 0.5) is 10.1 Å². The fourth-order valence-electron chi connectivity index (χ4n) is 2.36. The van der Waals surface area contributed by atoms with Crippen molar-refractivity contribution >= 4 is 5.69 Å². The van der Waals surface area contributed by atoms with Gasteiger partial charge in [-0.1, -0.05) is 6.42 Å². The van der Waals surface area contributed by atoms with Gasteiger partial charge in [-0.25, -0.2) is 4.39 Å². The molecule has 104 valence electrons. The van der Waals surface area contributed by atoms with Gasteiger partial charge in [0, 0.05) is 19.2 Å². The van der Waals surface area contributed by atoms with E-state index < -0.39 is 10.7 Å². The van der Waals surface area contributed by atoms with Crippen LogP contribution in [0, 0.1) is 15.9 Å². The second-order valence-electron chi connectivity index (χ2n) is 4.58. The lowest BCUT2D eigenvalue weighted by atomic mass is 9.94.